The number of benzene rings is 1. The minimum atomic E-state index is -3.39. The molecule has 1 aromatic rings. The van der Waals surface area contributed by atoms with E-state index in [1.807, 2.05) is 26.0 Å². The third kappa shape index (κ3) is 5.46. The Labute approximate surface area is 117 Å². The van der Waals surface area contributed by atoms with Crippen molar-refractivity contribution in [1.82, 2.24) is 0 Å². The first kappa shape index (κ1) is 15.6. The van der Waals surface area contributed by atoms with Gasteiger partial charge in [-0.25, -0.2) is 8.42 Å². The quantitative estimate of drug-likeness (QED) is 0.594. The van der Waals surface area contributed by atoms with E-state index in [1.54, 1.807) is 0 Å². The lowest BCUT2D eigenvalue weighted by molar-refractivity contribution is 0.305. The van der Waals surface area contributed by atoms with Gasteiger partial charge in [0.05, 0.1) is 12.4 Å². The number of aryl methyl sites for hydroxylation is 2. The molecule has 0 saturated carbocycles. The molecule has 0 aliphatic heterocycles. The third-order valence-electron chi connectivity index (χ3n) is 2.45. The SMILES string of the molecule is Cc1cc(Cl)cc(C)c1OCCCCS(=O)(=O)Cl. The molecular weight excluding hydrogens is 295 g/mol. The predicted octanol–water partition coefficient (Wildman–Crippen LogP) is 3.68. The Balaban J connectivity index is 2.45. The Hall–Kier alpha value is -0.450. The van der Waals surface area contributed by atoms with Gasteiger partial charge < -0.3 is 4.74 Å². The highest BCUT2D eigenvalue weighted by Crippen LogP contribution is 2.27. The summed E-state index contributed by atoms with van der Waals surface area (Å²) in [5.74, 6) is 0.796. The second-order valence-electron chi connectivity index (χ2n) is 4.17. The summed E-state index contributed by atoms with van der Waals surface area (Å²) >= 11 is 5.92. The van der Waals surface area contributed by atoms with Crippen molar-refractivity contribution in [3.8, 4) is 5.75 Å². The zero-order valence-electron chi connectivity index (χ0n) is 10.4. The molecule has 0 unspecified atom stereocenters. The molecule has 18 heavy (non-hydrogen) atoms. The second-order valence-corrected chi connectivity index (χ2v) is 7.50. The van der Waals surface area contributed by atoms with E-state index in [1.165, 1.54) is 0 Å². The molecule has 0 aliphatic carbocycles. The molecule has 0 amide bonds. The smallest absolute Gasteiger partial charge is 0.232 e. The molecule has 0 aliphatic rings. The Morgan fingerprint density at radius 1 is 1.17 bits per heavy atom. The van der Waals surface area contributed by atoms with Crippen molar-refractivity contribution >= 4 is 31.3 Å². The van der Waals surface area contributed by atoms with Gasteiger partial charge in [-0.2, -0.15) is 0 Å². The van der Waals surface area contributed by atoms with Gasteiger partial charge in [0.25, 0.3) is 0 Å². The van der Waals surface area contributed by atoms with Crippen LogP contribution >= 0.6 is 22.3 Å². The van der Waals surface area contributed by atoms with E-state index in [4.69, 9.17) is 27.0 Å². The Morgan fingerprint density at radius 2 is 1.72 bits per heavy atom. The summed E-state index contributed by atoms with van der Waals surface area (Å²) in [6.45, 7) is 4.32. The lowest BCUT2D eigenvalue weighted by atomic mass is 10.1. The first-order chi connectivity index (χ1) is 8.29. The van der Waals surface area contributed by atoms with E-state index in [2.05, 4.69) is 0 Å². The summed E-state index contributed by atoms with van der Waals surface area (Å²) in [6.07, 6.45) is 1.14. The number of hydrogen-bond donors (Lipinski definition) is 0. The van der Waals surface area contributed by atoms with Crippen molar-refractivity contribution in [3.63, 3.8) is 0 Å². The standard InChI is InChI=1S/C12H16Cl2O3S/c1-9-7-11(13)8-10(2)12(9)17-5-3-4-6-18(14,15)16/h7-8H,3-6H2,1-2H3. The van der Waals surface area contributed by atoms with Crippen LogP contribution in [0.3, 0.4) is 0 Å². The Kier molecular flexibility index (Phi) is 5.76. The van der Waals surface area contributed by atoms with E-state index in [0.29, 0.717) is 24.5 Å². The minimum Gasteiger partial charge on any atom is -0.493 e. The van der Waals surface area contributed by atoms with Crippen LogP contribution in [0.25, 0.3) is 0 Å². The van der Waals surface area contributed by atoms with E-state index < -0.39 is 9.05 Å². The molecule has 0 saturated heterocycles. The fourth-order valence-electron chi connectivity index (χ4n) is 1.68. The number of hydrogen-bond acceptors (Lipinski definition) is 3. The lowest BCUT2D eigenvalue weighted by Gasteiger charge is -2.12. The first-order valence-corrected chi connectivity index (χ1v) is 8.47. The summed E-state index contributed by atoms with van der Waals surface area (Å²) < 4.78 is 27.1. The van der Waals surface area contributed by atoms with Gasteiger partial charge >= 0.3 is 0 Å². The molecule has 0 bridgehead atoms. The molecule has 6 heteroatoms. The van der Waals surface area contributed by atoms with Crippen LogP contribution < -0.4 is 4.74 Å². The second kappa shape index (κ2) is 6.64. The fourth-order valence-corrected chi connectivity index (χ4v) is 2.88. The largest absolute Gasteiger partial charge is 0.493 e. The molecule has 1 aromatic carbocycles. The van der Waals surface area contributed by atoms with Gasteiger partial charge in [0.15, 0.2) is 0 Å². The van der Waals surface area contributed by atoms with E-state index in [-0.39, 0.29) is 5.75 Å². The highest BCUT2D eigenvalue weighted by molar-refractivity contribution is 8.13. The maximum atomic E-state index is 10.7. The monoisotopic (exact) mass is 310 g/mol. The van der Waals surface area contributed by atoms with Crippen LogP contribution in [0.5, 0.6) is 5.75 Å². The van der Waals surface area contributed by atoms with E-state index >= 15 is 0 Å². The van der Waals surface area contributed by atoms with Crippen molar-refractivity contribution in [1.29, 1.82) is 0 Å². The lowest BCUT2D eigenvalue weighted by Crippen LogP contribution is -2.04. The third-order valence-corrected chi connectivity index (χ3v) is 3.91. The molecule has 0 aromatic heterocycles. The maximum absolute atomic E-state index is 10.7. The van der Waals surface area contributed by atoms with Gasteiger partial charge in [-0.05, 0) is 49.9 Å². The zero-order valence-corrected chi connectivity index (χ0v) is 12.7. The van der Waals surface area contributed by atoms with Gasteiger partial charge in [0.1, 0.15) is 5.75 Å². The number of halogens is 2. The summed E-state index contributed by atoms with van der Waals surface area (Å²) in [6, 6.07) is 3.68. The van der Waals surface area contributed by atoms with Gasteiger partial charge in [0.2, 0.25) is 9.05 Å². The van der Waals surface area contributed by atoms with Gasteiger partial charge in [-0.15, -0.1) is 0 Å². The minimum absolute atomic E-state index is 0.0174. The summed E-state index contributed by atoms with van der Waals surface area (Å²) in [5.41, 5.74) is 1.95. The van der Waals surface area contributed by atoms with Crippen molar-refractivity contribution in [3.05, 3.63) is 28.3 Å². The summed E-state index contributed by atoms with van der Waals surface area (Å²) in [5, 5.41) is 0.686. The van der Waals surface area contributed by atoms with Crippen LogP contribution in [-0.4, -0.2) is 20.8 Å². The van der Waals surface area contributed by atoms with E-state index in [0.717, 1.165) is 16.9 Å². The van der Waals surface area contributed by atoms with Crippen molar-refractivity contribution in [2.75, 3.05) is 12.4 Å². The number of unbranched alkanes of at least 4 members (excludes halogenated alkanes) is 1. The summed E-state index contributed by atoms with van der Waals surface area (Å²) in [7, 11) is 1.72. The highest BCUT2D eigenvalue weighted by atomic mass is 35.7. The highest BCUT2D eigenvalue weighted by Gasteiger charge is 2.07. The van der Waals surface area contributed by atoms with Crippen LogP contribution in [0.15, 0.2) is 12.1 Å². The Morgan fingerprint density at radius 3 is 2.22 bits per heavy atom. The molecular formula is C12H16Cl2O3S. The molecule has 102 valence electrons. The number of ether oxygens (including phenoxy) is 1. The molecule has 0 heterocycles. The van der Waals surface area contributed by atoms with Crippen molar-refractivity contribution in [2.24, 2.45) is 0 Å². The zero-order chi connectivity index (χ0) is 13.8. The van der Waals surface area contributed by atoms with E-state index in [9.17, 15) is 8.42 Å². The van der Waals surface area contributed by atoms with Crippen LogP contribution in [-0.2, 0) is 9.05 Å². The number of rotatable bonds is 6. The molecule has 0 N–H and O–H groups in total. The van der Waals surface area contributed by atoms with Crippen LogP contribution in [0.2, 0.25) is 5.02 Å². The molecule has 0 atom stereocenters. The molecule has 0 radical (unpaired) electrons. The van der Waals surface area contributed by atoms with Crippen LogP contribution in [0.4, 0.5) is 0 Å². The average Bonchev–Trinajstić information content (AvgIpc) is 2.19. The van der Waals surface area contributed by atoms with Gasteiger partial charge in [-0.3, -0.25) is 0 Å². The van der Waals surface area contributed by atoms with Crippen molar-refractivity contribution in [2.45, 2.75) is 26.7 Å². The molecule has 3 nitrogen and oxygen atoms in total. The van der Waals surface area contributed by atoms with Crippen LogP contribution in [0, 0.1) is 13.8 Å². The average molecular weight is 311 g/mol. The van der Waals surface area contributed by atoms with Gasteiger partial charge in [-0.1, -0.05) is 11.6 Å². The summed E-state index contributed by atoms with van der Waals surface area (Å²) in [4.78, 5) is 0. The normalized spacial score (nSPS) is 11.6. The molecule has 0 fully saturated rings. The molecule has 0 spiro atoms. The fraction of sp³-hybridized carbons (Fsp3) is 0.500. The first-order valence-electron chi connectivity index (χ1n) is 5.61. The Bertz CT molecular complexity index is 489. The van der Waals surface area contributed by atoms with Gasteiger partial charge in [0, 0.05) is 15.7 Å². The van der Waals surface area contributed by atoms with Crippen molar-refractivity contribution < 1.29 is 13.2 Å². The topological polar surface area (TPSA) is 43.4 Å². The van der Waals surface area contributed by atoms with Crippen LogP contribution in [0.1, 0.15) is 24.0 Å². The predicted molar refractivity (Wildman–Crippen MR) is 75.3 cm³/mol. The maximum Gasteiger partial charge on any atom is 0.232 e. The molecule has 1 rings (SSSR count).